The number of pyridine rings is 1. The van der Waals surface area contributed by atoms with Crippen LogP contribution in [0.25, 0.3) is 11.4 Å². The minimum Gasteiger partial charge on any atom is -0.371 e. The molecule has 0 spiro atoms. The fourth-order valence-electron chi connectivity index (χ4n) is 3.60. The molecule has 0 unspecified atom stereocenters. The highest BCUT2D eigenvalue weighted by Gasteiger charge is 2.42. The number of nitrogens with two attached hydrogens (primary N) is 1. The Labute approximate surface area is 152 Å². The van der Waals surface area contributed by atoms with Gasteiger partial charge in [-0.3, -0.25) is 15.2 Å². The molecule has 3 heterocycles. The number of hydrazine groups is 1. The topological polar surface area (TPSA) is 98.6 Å². The van der Waals surface area contributed by atoms with E-state index in [1.54, 1.807) is 0 Å². The summed E-state index contributed by atoms with van der Waals surface area (Å²) in [4.78, 5) is 4.70. The predicted octanol–water partition coefficient (Wildman–Crippen LogP) is 2.12. The largest absolute Gasteiger partial charge is 0.371 e. The molecule has 8 nitrogen and oxygen atoms in total. The third kappa shape index (κ3) is 2.72. The lowest BCUT2D eigenvalue weighted by Crippen LogP contribution is -2.12. The summed E-state index contributed by atoms with van der Waals surface area (Å²) in [5, 5.41) is 12.1. The summed E-state index contributed by atoms with van der Waals surface area (Å²) in [6, 6.07) is 4.18. The molecular weight excluding hydrogens is 328 g/mol. The first-order valence-corrected chi connectivity index (χ1v) is 8.70. The molecule has 2 atom stereocenters. The number of aryl methyl sites for hydroxylation is 3. The molecule has 4 N–H and O–H groups in total. The van der Waals surface area contributed by atoms with Crippen LogP contribution in [0.2, 0.25) is 0 Å². The Morgan fingerprint density at radius 1 is 1.23 bits per heavy atom. The fourth-order valence-corrected chi connectivity index (χ4v) is 3.60. The maximum atomic E-state index is 5.62. The number of nitrogens with one attached hydrogen (secondary N) is 2. The van der Waals surface area contributed by atoms with Crippen molar-refractivity contribution >= 4 is 11.5 Å². The lowest BCUT2D eigenvalue weighted by atomic mass is 10.1. The van der Waals surface area contributed by atoms with Crippen LogP contribution in [0, 0.1) is 6.92 Å². The van der Waals surface area contributed by atoms with Crippen molar-refractivity contribution < 1.29 is 0 Å². The zero-order valence-corrected chi connectivity index (χ0v) is 15.5. The Morgan fingerprint density at radius 3 is 2.69 bits per heavy atom. The number of rotatable bonds is 5. The molecule has 0 aromatic carbocycles. The van der Waals surface area contributed by atoms with Gasteiger partial charge < -0.3 is 10.7 Å². The Hall–Kier alpha value is -2.87. The minimum atomic E-state index is 0.453. The molecule has 3 aromatic heterocycles. The van der Waals surface area contributed by atoms with E-state index in [0.717, 1.165) is 40.6 Å². The van der Waals surface area contributed by atoms with Crippen molar-refractivity contribution in [2.45, 2.75) is 25.2 Å². The van der Waals surface area contributed by atoms with Crippen molar-refractivity contribution in [3.8, 4) is 11.4 Å². The second-order valence-corrected chi connectivity index (χ2v) is 6.92. The molecule has 0 saturated heterocycles. The second kappa shape index (κ2) is 6.14. The van der Waals surface area contributed by atoms with Gasteiger partial charge in [-0.05, 0) is 42.5 Å². The fraction of sp³-hybridized carbons (Fsp3) is 0.389. The zero-order chi connectivity index (χ0) is 18.4. The van der Waals surface area contributed by atoms with Crippen molar-refractivity contribution in [2.75, 3.05) is 17.8 Å². The number of hydrogen-bond acceptors (Lipinski definition) is 6. The van der Waals surface area contributed by atoms with E-state index in [4.69, 9.17) is 15.9 Å². The average molecular weight is 352 g/mol. The van der Waals surface area contributed by atoms with Crippen LogP contribution in [0.1, 0.15) is 35.1 Å². The predicted molar refractivity (Wildman–Crippen MR) is 102 cm³/mol. The summed E-state index contributed by atoms with van der Waals surface area (Å²) < 4.78 is 3.76. The van der Waals surface area contributed by atoms with E-state index >= 15 is 0 Å². The highest BCUT2D eigenvalue weighted by Crippen LogP contribution is 2.54. The van der Waals surface area contributed by atoms with E-state index in [9.17, 15) is 0 Å². The van der Waals surface area contributed by atoms with Crippen molar-refractivity contribution in [3.63, 3.8) is 0 Å². The molecule has 0 amide bonds. The number of anilines is 2. The monoisotopic (exact) mass is 352 g/mol. The highest BCUT2D eigenvalue weighted by molar-refractivity contribution is 5.73. The van der Waals surface area contributed by atoms with Gasteiger partial charge in [0.1, 0.15) is 0 Å². The van der Waals surface area contributed by atoms with Crippen molar-refractivity contribution in [1.29, 1.82) is 0 Å². The van der Waals surface area contributed by atoms with Crippen LogP contribution in [0.4, 0.5) is 11.5 Å². The summed E-state index contributed by atoms with van der Waals surface area (Å²) in [6.07, 6.45) is 5.17. The molecule has 1 fully saturated rings. The first-order chi connectivity index (χ1) is 12.5. The summed E-state index contributed by atoms with van der Waals surface area (Å²) in [6.45, 7) is 2.01. The van der Waals surface area contributed by atoms with Gasteiger partial charge in [0.2, 0.25) is 0 Å². The molecule has 136 valence electrons. The number of hydrogen-bond donors (Lipinski definition) is 3. The van der Waals surface area contributed by atoms with Gasteiger partial charge in [0.25, 0.3) is 0 Å². The molecular formula is C18H24N8. The molecule has 0 aliphatic heterocycles. The van der Waals surface area contributed by atoms with Gasteiger partial charge in [-0.1, -0.05) is 0 Å². The first-order valence-electron chi connectivity index (χ1n) is 8.70. The van der Waals surface area contributed by atoms with Gasteiger partial charge >= 0.3 is 0 Å². The van der Waals surface area contributed by atoms with E-state index in [0.29, 0.717) is 11.8 Å². The Morgan fingerprint density at radius 2 is 2.04 bits per heavy atom. The third-order valence-electron chi connectivity index (χ3n) is 5.08. The molecule has 1 saturated carbocycles. The SMILES string of the molecule is CNc1nc(-c2cc([C@@H]3C[C@H]3c3cnn(C)c3)nn2C)cc(C)c1NN. The van der Waals surface area contributed by atoms with Crippen LogP contribution in [-0.2, 0) is 14.1 Å². The van der Waals surface area contributed by atoms with Crippen LogP contribution in [0.5, 0.6) is 0 Å². The van der Waals surface area contributed by atoms with Gasteiger partial charge in [0.05, 0.1) is 29.0 Å². The van der Waals surface area contributed by atoms with Crippen LogP contribution in [-0.4, -0.2) is 31.6 Å². The molecule has 1 aliphatic rings. The summed E-state index contributed by atoms with van der Waals surface area (Å²) in [5.41, 5.74) is 8.83. The Bertz CT molecular complexity index is 954. The second-order valence-electron chi connectivity index (χ2n) is 6.92. The standard InChI is InChI=1S/C18H24N8/c1-10-5-15(22-18(20-2)17(10)23-19)16-7-14(24-26(16)4)13-6-12(13)11-8-21-25(3)9-11/h5,7-9,12-13,23H,6,19H2,1-4H3,(H,20,22)/t12-,13+/m0/s1. The first kappa shape index (κ1) is 16.6. The third-order valence-corrected chi connectivity index (χ3v) is 5.08. The molecule has 1 aliphatic carbocycles. The maximum Gasteiger partial charge on any atom is 0.151 e. The van der Waals surface area contributed by atoms with Crippen molar-refractivity contribution in [3.05, 3.63) is 41.3 Å². The van der Waals surface area contributed by atoms with Gasteiger partial charge in [0.15, 0.2) is 5.82 Å². The molecule has 0 bridgehead atoms. The van der Waals surface area contributed by atoms with Crippen LogP contribution in [0.15, 0.2) is 24.5 Å². The quantitative estimate of drug-likeness (QED) is 0.481. The molecule has 8 heteroatoms. The van der Waals surface area contributed by atoms with Gasteiger partial charge in [0, 0.05) is 33.3 Å². The van der Waals surface area contributed by atoms with Crippen LogP contribution >= 0.6 is 0 Å². The van der Waals surface area contributed by atoms with Crippen LogP contribution in [0.3, 0.4) is 0 Å². The van der Waals surface area contributed by atoms with Gasteiger partial charge in [-0.2, -0.15) is 10.2 Å². The van der Waals surface area contributed by atoms with Gasteiger partial charge in [-0.15, -0.1) is 0 Å². The highest BCUT2D eigenvalue weighted by atomic mass is 15.3. The normalized spacial score (nSPS) is 18.8. The lowest BCUT2D eigenvalue weighted by Gasteiger charge is -2.13. The lowest BCUT2D eigenvalue weighted by molar-refractivity contribution is 0.745. The summed E-state index contributed by atoms with van der Waals surface area (Å²) >= 11 is 0. The average Bonchev–Trinajstić information content (AvgIpc) is 3.15. The molecule has 4 rings (SSSR count). The van der Waals surface area contributed by atoms with Crippen molar-refractivity contribution in [2.24, 2.45) is 19.9 Å². The van der Waals surface area contributed by atoms with E-state index in [1.165, 1.54) is 5.56 Å². The molecule has 3 aromatic rings. The molecule has 0 radical (unpaired) electrons. The number of nitrogen functional groups attached to an aromatic ring is 1. The molecule has 26 heavy (non-hydrogen) atoms. The Balaban J connectivity index is 1.65. The van der Waals surface area contributed by atoms with Crippen molar-refractivity contribution in [1.82, 2.24) is 24.5 Å². The van der Waals surface area contributed by atoms with E-state index in [-0.39, 0.29) is 0 Å². The van der Waals surface area contributed by atoms with E-state index < -0.39 is 0 Å². The zero-order valence-electron chi connectivity index (χ0n) is 15.5. The summed E-state index contributed by atoms with van der Waals surface area (Å²) in [7, 11) is 5.75. The maximum absolute atomic E-state index is 5.62. The van der Waals surface area contributed by atoms with Crippen LogP contribution < -0.4 is 16.6 Å². The smallest absolute Gasteiger partial charge is 0.151 e. The minimum absolute atomic E-state index is 0.453. The Kier molecular flexibility index (Phi) is 3.91. The number of aromatic nitrogens is 5. The van der Waals surface area contributed by atoms with E-state index in [2.05, 4.69) is 28.1 Å². The van der Waals surface area contributed by atoms with Gasteiger partial charge in [-0.25, -0.2) is 4.98 Å². The summed E-state index contributed by atoms with van der Waals surface area (Å²) in [5.74, 6) is 7.31. The number of nitrogens with zero attached hydrogens (tertiary/aromatic N) is 5. The van der Waals surface area contributed by atoms with E-state index in [1.807, 2.05) is 49.7 Å².